The first kappa shape index (κ1) is 35.6. The van der Waals surface area contributed by atoms with Gasteiger partial charge in [0.2, 0.25) is 0 Å². The van der Waals surface area contributed by atoms with E-state index in [1.807, 2.05) is 25.1 Å². The molecule has 2 fully saturated rings. The lowest BCUT2D eigenvalue weighted by Crippen LogP contribution is -2.55. The number of halogens is 5. The third-order valence-corrected chi connectivity index (χ3v) is 7.93. The normalized spacial score (nSPS) is 20.5. The average molecular weight is 647 g/mol. The van der Waals surface area contributed by atoms with Gasteiger partial charge in [0, 0.05) is 37.4 Å². The fraction of sp³-hybridized carbons (Fsp3) is 0.483. The van der Waals surface area contributed by atoms with Crippen molar-refractivity contribution in [3.8, 4) is 11.8 Å². The van der Waals surface area contributed by atoms with Crippen molar-refractivity contribution < 1.29 is 22.7 Å². The van der Waals surface area contributed by atoms with Crippen molar-refractivity contribution in [1.82, 2.24) is 10.2 Å². The van der Waals surface area contributed by atoms with E-state index in [0.29, 0.717) is 30.8 Å². The molecule has 0 bridgehead atoms. The van der Waals surface area contributed by atoms with Crippen LogP contribution >= 0.6 is 37.0 Å². The van der Waals surface area contributed by atoms with E-state index < -0.39 is 28.7 Å². The molecule has 2 aromatic carbocycles. The maximum absolute atomic E-state index is 13.6. The van der Waals surface area contributed by atoms with Crippen molar-refractivity contribution in [3.63, 3.8) is 0 Å². The molecule has 0 aromatic heterocycles. The van der Waals surface area contributed by atoms with E-state index in [2.05, 4.69) is 24.1 Å². The molecule has 13 heteroatoms. The average Bonchev–Trinajstić information content (AvgIpc) is 3.08. The number of alkyl halides is 3. The van der Waals surface area contributed by atoms with Gasteiger partial charge in [-0.15, -0.1) is 24.8 Å². The van der Waals surface area contributed by atoms with Gasteiger partial charge in [-0.1, -0.05) is 6.92 Å². The molecular formula is C29H36Cl2F3N5O2S. The molecule has 2 aliphatic rings. The number of nitrogens with one attached hydrogen (secondary N) is 1. The van der Waals surface area contributed by atoms with Crippen LogP contribution in [0.15, 0.2) is 36.4 Å². The highest BCUT2D eigenvalue weighted by atomic mass is 35.5. The summed E-state index contributed by atoms with van der Waals surface area (Å²) in [6.07, 6.45) is -4.08. The fourth-order valence-corrected chi connectivity index (χ4v) is 5.79. The van der Waals surface area contributed by atoms with Crippen molar-refractivity contribution in [2.24, 2.45) is 0 Å². The van der Waals surface area contributed by atoms with Crippen LogP contribution in [0.25, 0.3) is 0 Å². The zero-order chi connectivity index (χ0) is 29.4. The van der Waals surface area contributed by atoms with E-state index >= 15 is 0 Å². The number of ether oxygens (including phenoxy) is 1. The number of rotatable bonds is 7. The van der Waals surface area contributed by atoms with E-state index in [1.54, 1.807) is 24.8 Å². The van der Waals surface area contributed by atoms with E-state index in [9.17, 15) is 18.0 Å². The molecule has 2 saturated heterocycles. The number of carbonyl (C=O) groups excluding carboxylic acids is 1. The molecular weight excluding hydrogens is 610 g/mol. The Kier molecular flexibility index (Phi) is 11.7. The highest BCUT2D eigenvalue weighted by molar-refractivity contribution is 7.81. The number of amides is 1. The lowest BCUT2D eigenvalue weighted by atomic mass is 10.0. The topological polar surface area (TPSA) is 71.8 Å². The first-order valence-electron chi connectivity index (χ1n) is 13.3. The zero-order valence-corrected chi connectivity index (χ0v) is 26.6. The third kappa shape index (κ3) is 6.95. The number of aryl methyl sites for hydroxylation is 1. The molecule has 2 atom stereocenters. The molecule has 0 aliphatic carbocycles. The monoisotopic (exact) mass is 645 g/mol. The predicted molar refractivity (Wildman–Crippen MR) is 167 cm³/mol. The van der Waals surface area contributed by atoms with E-state index in [-0.39, 0.29) is 35.6 Å². The predicted octanol–water partition coefficient (Wildman–Crippen LogP) is 5.96. The molecule has 2 aliphatic heterocycles. The second kappa shape index (κ2) is 13.8. The summed E-state index contributed by atoms with van der Waals surface area (Å²) < 4.78 is 47.0. The SMILES string of the molecule is CCc1cc(N2C(=S)N(c3ccc(C#N)c(C(F)(F)F)c3)C(=O)C2(C)C)ccc1OCCN1C[C@@H](C)NC[C@H]1C.Cl.Cl. The Morgan fingerprint density at radius 2 is 1.81 bits per heavy atom. The molecule has 42 heavy (non-hydrogen) atoms. The zero-order valence-electron chi connectivity index (χ0n) is 24.1. The Labute approximate surface area is 262 Å². The van der Waals surface area contributed by atoms with Crippen LogP contribution in [-0.2, 0) is 17.4 Å². The van der Waals surface area contributed by atoms with Crippen LogP contribution in [0.5, 0.6) is 5.75 Å². The van der Waals surface area contributed by atoms with Crippen molar-refractivity contribution in [2.45, 2.75) is 64.8 Å². The van der Waals surface area contributed by atoms with Gasteiger partial charge in [-0.3, -0.25) is 14.6 Å². The standard InChI is InChI=1S/C29H34F3N5O2S.2ClH/c1-6-20-13-23(9-10-25(20)39-12-11-35-17-18(2)34-16-19(35)3)37-27(40)36(26(38)28(37,4)5)22-8-7-21(15-33)24(14-22)29(30,31)32;;/h7-10,13-14,18-19,34H,6,11-12,16-17H2,1-5H3;2*1H/t18-,19-;;/m1../s1. The van der Waals surface area contributed by atoms with Gasteiger partial charge in [0.05, 0.1) is 22.9 Å². The van der Waals surface area contributed by atoms with Crippen molar-refractivity contribution >= 4 is 59.4 Å². The van der Waals surface area contributed by atoms with Crippen molar-refractivity contribution in [1.29, 1.82) is 5.26 Å². The Morgan fingerprint density at radius 3 is 2.43 bits per heavy atom. The summed E-state index contributed by atoms with van der Waals surface area (Å²) in [4.78, 5) is 18.7. The minimum Gasteiger partial charge on any atom is -0.492 e. The molecule has 1 N–H and O–H groups in total. The Hall–Kier alpha value is -2.62. The van der Waals surface area contributed by atoms with Crippen LogP contribution in [0.2, 0.25) is 0 Å². The van der Waals surface area contributed by atoms with Gasteiger partial charge in [-0.2, -0.15) is 18.4 Å². The number of hydrogen-bond donors (Lipinski definition) is 1. The summed E-state index contributed by atoms with van der Waals surface area (Å²) >= 11 is 5.67. The summed E-state index contributed by atoms with van der Waals surface area (Å²) in [6.45, 7) is 13.0. The Morgan fingerprint density at radius 1 is 1.14 bits per heavy atom. The van der Waals surface area contributed by atoms with Gasteiger partial charge in [0.1, 0.15) is 17.9 Å². The van der Waals surface area contributed by atoms with Crippen LogP contribution < -0.4 is 19.9 Å². The van der Waals surface area contributed by atoms with Crippen LogP contribution in [0, 0.1) is 11.3 Å². The number of thiocarbonyl (C=S) groups is 1. The maximum atomic E-state index is 13.6. The summed E-state index contributed by atoms with van der Waals surface area (Å²) in [5.41, 5.74) is -1.26. The number of anilines is 2. The molecule has 230 valence electrons. The van der Waals surface area contributed by atoms with Crippen LogP contribution in [0.3, 0.4) is 0 Å². The third-order valence-electron chi connectivity index (χ3n) is 7.57. The first-order chi connectivity index (χ1) is 18.8. The van der Waals surface area contributed by atoms with E-state index in [4.69, 9.17) is 22.2 Å². The van der Waals surface area contributed by atoms with Crippen LogP contribution in [0.1, 0.15) is 51.3 Å². The number of piperazine rings is 1. The summed E-state index contributed by atoms with van der Waals surface area (Å²) in [7, 11) is 0. The second-order valence-corrected chi connectivity index (χ2v) is 11.2. The Balaban J connectivity index is 0.00000308. The largest absolute Gasteiger partial charge is 0.492 e. The number of benzene rings is 2. The summed E-state index contributed by atoms with van der Waals surface area (Å²) in [6, 6.07) is 11.2. The smallest absolute Gasteiger partial charge is 0.417 e. The molecule has 0 unspecified atom stereocenters. The van der Waals surface area contributed by atoms with E-state index in [0.717, 1.165) is 48.0 Å². The van der Waals surface area contributed by atoms with Gasteiger partial charge in [0.15, 0.2) is 5.11 Å². The minimum atomic E-state index is -4.76. The van der Waals surface area contributed by atoms with Crippen LogP contribution in [-0.4, -0.2) is 59.8 Å². The van der Waals surface area contributed by atoms with Gasteiger partial charge in [-0.05, 0) is 88.3 Å². The lowest BCUT2D eigenvalue weighted by molar-refractivity contribution is -0.137. The molecule has 0 radical (unpaired) electrons. The highest BCUT2D eigenvalue weighted by Crippen LogP contribution is 2.40. The summed E-state index contributed by atoms with van der Waals surface area (Å²) in [5.74, 6) is 0.281. The van der Waals surface area contributed by atoms with Crippen molar-refractivity contribution in [2.75, 3.05) is 36.0 Å². The number of hydrogen-bond acceptors (Lipinski definition) is 6. The lowest BCUT2D eigenvalue weighted by Gasteiger charge is -2.37. The second-order valence-electron chi connectivity index (χ2n) is 10.8. The molecule has 7 nitrogen and oxygen atoms in total. The summed E-state index contributed by atoms with van der Waals surface area (Å²) in [5, 5.41) is 12.7. The molecule has 2 heterocycles. The fourth-order valence-electron chi connectivity index (χ4n) is 5.26. The first-order valence-corrected chi connectivity index (χ1v) is 13.7. The van der Waals surface area contributed by atoms with Crippen LogP contribution in [0.4, 0.5) is 24.5 Å². The molecule has 4 rings (SSSR count). The number of carbonyl (C=O) groups is 1. The van der Waals surface area contributed by atoms with Gasteiger partial charge in [0.25, 0.3) is 5.91 Å². The van der Waals surface area contributed by atoms with Crippen molar-refractivity contribution in [3.05, 3.63) is 53.1 Å². The maximum Gasteiger partial charge on any atom is 0.417 e. The van der Waals surface area contributed by atoms with Gasteiger partial charge in [-0.25, -0.2) is 0 Å². The molecule has 1 amide bonds. The number of nitriles is 1. The quantitative estimate of drug-likeness (QED) is 0.373. The molecule has 0 spiro atoms. The van der Waals surface area contributed by atoms with E-state index in [1.165, 1.54) is 6.07 Å². The highest BCUT2D eigenvalue weighted by Gasteiger charge is 2.50. The Bertz CT molecular complexity index is 1350. The molecule has 0 saturated carbocycles. The number of nitrogens with zero attached hydrogens (tertiary/aromatic N) is 4. The molecule has 2 aromatic rings. The van der Waals surface area contributed by atoms with Gasteiger partial charge < -0.3 is 15.0 Å². The van der Waals surface area contributed by atoms with Gasteiger partial charge >= 0.3 is 6.18 Å². The minimum absolute atomic E-state index is 0.